The van der Waals surface area contributed by atoms with Crippen molar-refractivity contribution in [1.82, 2.24) is 20.4 Å². The van der Waals surface area contributed by atoms with Gasteiger partial charge in [0.05, 0.1) is 5.69 Å². The van der Waals surface area contributed by atoms with Crippen molar-refractivity contribution in [2.45, 2.75) is 32.4 Å². The van der Waals surface area contributed by atoms with E-state index in [1.807, 2.05) is 6.92 Å². The van der Waals surface area contributed by atoms with E-state index in [4.69, 9.17) is 10.3 Å². The van der Waals surface area contributed by atoms with Crippen LogP contribution in [0.15, 0.2) is 4.52 Å². The van der Waals surface area contributed by atoms with Crippen LogP contribution in [0.3, 0.4) is 0 Å². The molecule has 3 N–H and O–H groups in total. The maximum absolute atomic E-state index is 11.8. The second kappa shape index (κ2) is 4.71. The van der Waals surface area contributed by atoms with Crippen LogP contribution in [0.1, 0.15) is 34.2 Å². The third-order valence-corrected chi connectivity index (χ3v) is 3.92. The molecule has 0 bridgehead atoms. The van der Waals surface area contributed by atoms with Gasteiger partial charge < -0.3 is 15.6 Å². The largest absolute Gasteiger partial charge is 0.346 e. The zero-order chi connectivity index (χ0) is 13.4. The summed E-state index contributed by atoms with van der Waals surface area (Å²) in [7, 11) is 0. The SMILES string of the molecule is Cc1nc(CN)sc1-c1nc(C(=O)NC2CC2)no1. The van der Waals surface area contributed by atoms with Gasteiger partial charge in [-0.1, -0.05) is 5.16 Å². The van der Waals surface area contributed by atoms with Gasteiger partial charge in [-0.25, -0.2) is 4.98 Å². The molecule has 1 aliphatic carbocycles. The van der Waals surface area contributed by atoms with E-state index >= 15 is 0 Å². The Labute approximate surface area is 113 Å². The average molecular weight is 279 g/mol. The third kappa shape index (κ3) is 2.49. The first-order valence-corrected chi connectivity index (χ1v) is 6.80. The standard InChI is InChI=1S/C11H13N5O2S/c1-5-8(19-7(4-12)13-5)11-15-9(16-18-11)10(17)14-6-2-3-6/h6H,2-4,12H2,1H3,(H,14,17). The normalized spacial score (nSPS) is 14.6. The summed E-state index contributed by atoms with van der Waals surface area (Å²) in [6, 6.07) is 0.267. The van der Waals surface area contributed by atoms with Crippen molar-refractivity contribution in [3.05, 3.63) is 16.5 Å². The van der Waals surface area contributed by atoms with Gasteiger partial charge in [0, 0.05) is 12.6 Å². The van der Waals surface area contributed by atoms with E-state index < -0.39 is 0 Å². The molecule has 8 heteroatoms. The van der Waals surface area contributed by atoms with Gasteiger partial charge in [0.15, 0.2) is 0 Å². The summed E-state index contributed by atoms with van der Waals surface area (Å²) in [4.78, 5) is 20.9. The number of nitrogens with two attached hydrogens (primary N) is 1. The third-order valence-electron chi connectivity index (χ3n) is 2.75. The van der Waals surface area contributed by atoms with E-state index in [0.717, 1.165) is 28.4 Å². The average Bonchev–Trinajstić information content (AvgIpc) is 2.93. The van der Waals surface area contributed by atoms with Crippen LogP contribution >= 0.6 is 11.3 Å². The van der Waals surface area contributed by atoms with Crippen molar-refractivity contribution in [2.24, 2.45) is 5.73 Å². The summed E-state index contributed by atoms with van der Waals surface area (Å²) in [5.41, 5.74) is 6.32. The molecule has 1 fully saturated rings. The Hall–Kier alpha value is -1.80. The van der Waals surface area contributed by atoms with E-state index in [9.17, 15) is 4.79 Å². The van der Waals surface area contributed by atoms with Crippen LogP contribution in [0.4, 0.5) is 0 Å². The molecule has 7 nitrogen and oxygen atoms in total. The fourth-order valence-electron chi connectivity index (χ4n) is 1.62. The number of hydrogen-bond donors (Lipinski definition) is 2. The Kier molecular flexibility index (Phi) is 3.03. The van der Waals surface area contributed by atoms with Crippen molar-refractivity contribution in [2.75, 3.05) is 0 Å². The lowest BCUT2D eigenvalue weighted by molar-refractivity contribution is 0.0937. The molecule has 1 saturated carbocycles. The molecule has 2 aromatic rings. The summed E-state index contributed by atoms with van der Waals surface area (Å²) in [5.74, 6) is 0.0818. The Morgan fingerprint density at radius 2 is 2.32 bits per heavy atom. The lowest BCUT2D eigenvalue weighted by Crippen LogP contribution is -2.26. The highest BCUT2D eigenvalue weighted by molar-refractivity contribution is 7.15. The molecule has 0 unspecified atom stereocenters. The van der Waals surface area contributed by atoms with Crippen LogP contribution in [0, 0.1) is 6.92 Å². The first kappa shape index (κ1) is 12.2. The van der Waals surface area contributed by atoms with Crippen LogP contribution in [0.5, 0.6) is 0 Å². The first-order chi connectivity index (χ1) is 9.17. The van der Waals surface area contributed by atoms with Crippen LogP contribution < -0.4 is 11.1 Å². The van der Waals surface area contributed by atoms with Gasteiger partial charge >= 0.3 is 0 Å². The van der Waals surface area contributed by atoms with Crippen molar-refractivity contribution in [3.63, 3.8) is 0 Å². The van der Waals surface area contributed by atoms with Crippen LogP contribution in [-0.4, -0.2) is 27.1 Å². The van der Waals surface area contributed by atoms with Gasteiger partial charge in [-0.05, 0) is 19.8 Å². The summed E-state index contributed by atoms with van der Waals surface area (Å²) in [6.45, 7) is 2.22. The van der Waals surface area contributed by atoms with Gasteiger partial charge in [0.2, 0.25) is 0 Å². The summed E-state index contributed by atoms with van der Waals surface area (Å²) in [6.07, 6.45) is 2.04. The number of hydrogen-bond acceptors (Lipinski definition) is 7. The monoisotopic (exact) mass is 279 g/mol. The molecule has 3 rings (SSSR count). The minimum absolute atomic E-state index is 0.0593. The minimum atomic E-state index is -0.293. The van der Waals surface area contributed by atoms with Crippen LogP contribution in [0.2, 0.25) is 0 Å². The molecular weight excluding hydrogens is 266 g/mol. The van der Waals surface area contributed by atoms with E-state index in [1.54, 1.807) is 0 Å². The number of carbonyl (C=O) groups is 1. The molecule has 100 valence electrons. The van der Waals surface area contributed by atoms with Gasteiger partial charge in [0.1, 0.15) is 9.88 Å². The Balaban J connectivity index is 1.83. The zero-order valence-corrected chi connectivity index (χ0v) is 11.2. The van der Waals surface area contributed by atoms with Crippen LogP contribution in [0.25, 0.3) is 10.8 Å². The number of nitrogens with one attached hydrogen (secondary N) is 1. The molecule has 19 heavy (non-hydrogen) atoms. The molecule has 0 aromatic carbocycles. The lowest BCUT2D eigenvalue weighted by Gasteiger charge is -1.95. The smallest absolute Gasteiger partial charge is 0.292 e. The summed E-state index contributed by atoms with van der Waals surface area (Å²) in [5, 5.41) is 7.31. The molecule has 0 aliphatic heterocycles. The molecule has 1 aliphatic rings. The van der Waals surface area contributed by atoms with E-state index in [2.05, 4.69) is 20.4 Å². The number of amides is 1. The Morgan fingerprint density at radius 1 is 1.53 bits per heavy atom. The fourth-order valence-corrected chi connectivity index (χ4v) is 2.49. The second-order valence-electron chi connectivity index (χ2n) is 4.40. The van der Waals surface area contributed by atoms with Gasteiger partial charge in [-0.3, -0.25) is 4.79 Å². The first-order valence-electron chi connectivity index (χ1n) is 5.98. The maximum atomic E-state index is 11.8. The number of carbonyl (C=O) groups excluding carboxylic acids is 1. The van der Waals surface area contributed by atoms with E-state index in [0.29, 0.717) is 12.4 Å². The van der Waals surface area contributed by atoms with Crippen molar-refractivity contribution in [3.8, 4) is 10.8 Å². The van der Waals surface area contributed by atoms with E-state index in [-0.39, 0.29) is 17.8 Å². The summed E-state index contributed by atoms with van der Waals surface area (Å²) < 4.78 is 5.12. The minimum Gasteiger partial charge on any atom is -0.346 e. The molecule has 1 amide bonds. The fraction of sp³-hybridized carbons (Fsp3) is 0.455. The van der Waals surface area contributed by atoms with Crippen molar-refractivity contribution in [1.29, 1.82) is 0 Å². The number of aryl methyl sites for hydroxylation is 1. The molecular formula is C11H13N5O2S. The predicted octanol–water partition coefficient (Wildman–Crippen LogP) is 0.852. The number of nitrogens with zero attached hydrogens (tertiary/aromatic N) is 3. The number of thiazole rings is 1. The molecule has 2 aromatic heterocycles. The highest BCUT2D eigenvalue weighted by Gasteiger charge is 2.26. The summed E-state index contributed by atoms with van der Waals surface area (Å²) >= 11 is 1.40. The molecule has 0 atom stereocenters. The highest BCUT2D eigenvalue weighted by atomic mass is 32.1. The van der Waals surface area contributed by atoms with Gasteiger partial charge in [0.25, 0.3) is 17.6 Å². The predicted molar refractivity (Wildman–Crippen MR) is 68.5 cm³/mol. The Morgan fingerprint density at radius 3 is 2.95 bits per heavy atom. The lowest BCUT2D eigenvalue weighted by atomic mass is 10.4. The maximum Gasteiger partial charge on any atom is 0.292 e. The molecule has 0 saturated heterocycles. The molecule has 0 spiro atoms. The van der Waals surface area contributed by atoms with Gasteiger partial charge in [-0.2, -0.15) is 4.98 Å². The molecule has 2 heterocycles. The molecule has 0 radical (unpaired) electrons. The topological polar surface area (TPSA) is 107 Å². The number of aromatic nitrogens is 3. The highest BCUT2D eigenvalue weighted by Crippen LogP contribution is 2.28. The quantitative estimate of drug-likeness (QED) is 0.859. The van der Waals surface area contributed by atoms with Crippen LogP contribution in [-0.2, 0) is 6.54 Å². The second-order valence-corrected chi connectivity index (χ2v) is 5.48. The number of rotatable bonds is 4. The Bertz CT molecular complexity index is 616. The zero-order valence-electron chi connectivity index (χ0n) is 10.3. The van der Waals surface area contributed by atoms with E-state index in [1.165, 1.54) is 11.3 Å². The van der Waals surface area contributed by atoms with Gasteiger partial charge in [-0.15, -0.1) is 11.3 Å². The van der Waals surface area contributed by atoms with Crippen molar-refractivity contribution >= 4 is 17.2 Å². The van der Waals surface area contributed by atoms with Crippen molar-refractivity contribution < 1.29 is 9.32 Å².